The molecular weight excluding hydrogens is 296 g/mol. The zero-order chi connectivity index (χ0) is 16.8. The monoisotopic (exact) mass is 310 g/mol. The van der Waals surface area contributed by atoms with E-state index in [1.54, 1.807) is 43.5 Å². The van der Waals surface area contributed by atoms with E-state index in [4.69, 9.17) is 9.47 Å². The number of nitro groups is 1. The fourth-order valence-corrected chi connectivity index (χ4v) is 2.05. The lowest BCUT2D eigenvalue weighted by Crippen LogP contribution is -1.91. The molecule has 0 amide bonds. The zero-order valence-electron chi connectivity index (χ0n) is 12.6. The van der Waals surface area contributed by atoms with E-state index in [2.05, 4.69) is 6.07 Å². The lowest BCUT2D eigenvalue weighted by Gasteiger charge is -2.08. The Morgan fingerprint density at radius 1 is 1.13 bits per heavy atom. The Morgan fingerprint density at radius 2 is 1.78 bits per heavy atom. The van der Waals surface area contributed by atoms with Crippen molar-refractivity contribution in [2.75, 3.05) is 14.2 Å². The van der Waals surface area contributed by atoms with E-state index in [9.17, 15) is 15.4 Å². The van der Waals surface area contributed by atoms with Crippen LogP contribution in [0.5, 0.6) is 11.5 Å². The third-order valence-corrected chi connectivity index (χ3v) is 3.23. The zero-order valence-corrected chi connectivity index (χ0v) is 12.6. The minimum Gasteiger partial charge on any atom is -0.493 e. The van der Waals surface area contributed by atoms with Gasteiger partial charge in [-0.05, 0) is 41.5 Å². The Labute approximate surface area is 133 Å². The molecule has 0 aliphatic rings. The van der Waals surface area contributed by atoms with Gasteiger partial charge in [-0.3, -0.25) is 10.1 Å². The van der Waals surface area contributed by atoms with Crippen LogP contribution in [-0.2, 0) is 0 Å². The topological polar surface area (TPSA) is 85.4 Å². The van der Waals surface area contributed by atoms with Crippen molar-refractivity contribution in [1.29, 1.82) is 5.26 Å². The molecule has 6 nitrogen and oxygen atoms in total. The van der Waals surface area contributed by atoms with Gasteiger partial charge in [0.2, 0.25) is 0 Å². The highest BCUT2D eigenvalue weighted by atomic mass is 16.6. The Hall–Kier alpha value is -3.33. The first-order valence-electron chi connectivity index (χ1n) is 6.67. The Morgan fingerprint density at radius 3 is 2.30 bits per heavy atom. The number of nitriles is 1. The summed E-state index contributed by atoms with van der Waals surface area (Å²) in [5.74, 6) is 1.15. The van der Waals surface area contributed by atoms with Gasteiger partial charge in [-0.15, -0.1) is 0 Å². The maximum atomic E-state index is 10.7. The third kappa shape index (κ3) is 3.66. The Bertz CT molecular complexity index is 789. The summed E-state index contributed by atoms with van der Waals surface area (Å²) in [6, 6.07) is 13.2. The molecule has 0 heterocycles. The van der Waals surface area contributed by atoms with Gasteiger partial charge in [0.25, 0.3) is 5.69 Å². The fraction of sp³-hybridized carbons (Fsp3) is 0.118. The van der Waals surface area contributed by atoms with Crippen molar-refractivity contribution in [1.82, 2.24) is 0 Å². The van der Waals surface area contributed by atoms with Crippen LogP contribution in [0.4, 0.5) is 5.69 Å². The van der Waals surface area contributed by atoms with E-state index in [0.29, 0.717) is 22.6 Å². The number of allylic oxidation sites excluding steroid dienone is 1. The van der Waals surface area contributed by atoms with Crippen LogP contribution in [0.2, 0.25) is 0 Å². The van der Waals surface area contributed by atoms with E-state index >= 15 is 0 Å². The average molecular weight is 310 g/mol. The quantitative estimate of drug-likeness (QED) is 0.364. The maximum Gasteiger partial charge on any atom is 0.269 e. The second-order valence-corrected chi connectivity index (χ2v) is 4.59. The number of hydrogen-bond acceptors (Lipinski definition) is 5. The van der Waals surface area contributed by atoms with Crippen molar-refractivity contribution in [3.05, 3.63) is 63.7 Å². The number of methoxy groups -OCH3 is 2. The highest BCUT2D eigenvalue weighted by molar-refractivity contribution is 5.90. The minimum absolute atomic E-state index is 0.0165. The van der Waals surface area contributed by atoms with Gasteiger partial charge in [0.15, 0.2) is 11.5 Å². The lowest BCUT2D eigenvalue weighted by molar-refractivity contribution is -0.384. The summed E-state index contributed by atoms with van der Waals surface area (Å²) in [4.78, 5) is 10.2. The largest absolute Gasteiger partial charge is 0.493 e. The Kier molecular flexibility index (Phi) is 4.95. The fourth-order valence-electron chi connectivity index (χ4n) is 2.05. The molecule has 0 aliphatic carbocycles. The van der Waals surface area contributed by atoms with E-state index in [1.807, 2.05) is 0 Å². The normalized spacial score (nSPS) is 10.7. The Balaban J connectivity index is 2.39. The van der Waals surface area contributed by atoms with Crippen LogP contribution in [0.15, 0.2) is 42.5 Å². The number of rotatable bonds is 5. The molecule has 0 atom stereocenters. The summed E-state index contributed by atoms with van der Waals surface area (Å²) in [6.07, 6.45) is 1.68. The SMILES string of the molecule is COc1ccc(/C=C(\C#N)c2ccc([N+](=O)[O-])cc2)cc1OC. The van der Waals surface area contributed by atoms with Crippen LogP contribution in [0, 0.1) is 21.4 Å². The van der Waals surface area contributed by atoms with Gasteiger partial charge in [0.1, 0.15) is 0 Å². The van der Waals surface area contributed by atoms with Gasteiger partial charge in [-0.25, -0.2) is 0 Å². The molecule has 23 heavy (non-hydrogen) atoms. The summed E-state index contributed by atoms with van der Waals surface area (Å²) >= 11 is 0. The molecule has 0 spiro atoms. The van der Waals surface area contributed by atoms with Gasteiger partial charge in [0.05, 0.1) is 30.8 Å². The van der Waals surface area contributed by atoms with E-state index in [0.717, 1.165) is 5.56 Å². The molecule has 0 N–H and O–H groups in total. The summed E-state index contributed by atoms with van der Waals surface area (Å²) in [6.45, 7) is 0. The van der Waals surface area contributed by atoms with E-state index < -0.39 is 4.92 Å². The molecule has 6 heteroatoms. The predicted octanol–water partition coefficient (Wildman–Crippen LogP) is 3.68. The van der Waals surface area contributed by atoms with Crippen LogP contribution in [0.25, 0.3) is 11.6 Å². The molecule has 0 saturated carbocycles. The first-order chi connectivity index (χ1) is 11.1. The first-order valence-corrected chi connectivity index (χ1v) is 6.67. The second kappa shape index (κ2) is 7.09. The molecule has 2 rings (SSSR count). The van der Waals surface area contributed by atoms with Gasteiger partial charge >= 0.3 is 0 Å². The highest BCUT2D eigenvalue weighted by Gasteiger charge is 2.08. The van der Waals surface area contributed by atoms with Crippen LogP contribution in [-0.4, -0.2) is 19.1 Å². The summed E-state index contributed by atoms with van der Waals surface area (Å²) in [5, 5.41) is 20.0. The van der Waals surface area contributed by atoms with Gasteiger partial charge in [-0.2, -0.15) is 5.26 Å². The number of nitro benzene ring substituents is 1. The number of hydrogen-bond donors (Lipinski definition) is 0. The maximum absolute atomic E-state index is 10.7. The molecule has 0 bridgehead atoms. The van der Waals surface area contributed by atoms with E-state index in [-0.39, 0.29) is 5.69 Å². The van der Waals surface area contributed by atoms with Crippen molar-refractivity contribution in [3.8, 4) is 17.6 Å². The molecule has 2 aromatic rings. The molecule has 0 aliphatic heterocycles. The molecule has 0 unspecified atom stereocenters. The molecule has 0 aromatic heterocycles. The summed E-state index contributed by atoms with van der Waals surface area (Å²) in [5.41, 5.74) is 1.75. The smallest absolute Gasteiger partial charge is 0.269 e. The van der Waals surface area contributed by atoms with Crippen molar-refractivity contribution >= 4 is 17.3 Å². The predicted molar refractivity (Wildman–Crippen MR) is 86.1 cm³/mol. The van der Waals surface area contributed by atoms with Crippen molar-refractivity contribution < 1.29 is 14.4 Å². The number of non-ortho nitro benzene ring substituents is 1. The molecule has 0 saturated heterocycles. The molecule has 0 radical (unpaired) electrons. The van der Waals surface area contributed by atoms with E-state index in [1.165, 1.54) is 19.2 Å². The number of ether oxygens (including phenoxy) is 2. The van der Waals surface area contributed by atoms with Crippen molar-refractivity contribution in [3.63, 3.8) is 0 Å². The van der Waals surface area contributed by atoms with Crippen LogP contribution < -0.4 is 9.47 Å². The van der Waals surface area contributed by atoms with Crippen LogP contribution in [0.1, 0.15) is 11.1 Å². The number of nitrogens with zero attached hydrogens (tertiary/aromatic N) is 2. The van der Waals surface area contributed by atoms with Crippen LogP contribution >= 0.6 is 0 Å². The highest BCUT2D eigenvalue weighted by Crippen LogP contribution is 2.29. The molecule has 2 aromatic carbocycles. The third-order valence-electron chi connectivity index (χ3n) is 3.23. The standard InChI is InChI=1S/C17H14N2O4/c1-22-16-8-3-12(10-17(16)23-2)9-14(11-18)13-4-6-15(7-5-13)19(20)21/h3-10H,1-2H3/b14-9+. The van der Waals surface area contributed by atoms with Gasteiger partial charge in [0, 0.05) is 12.1 Å². The molecule has 116 valence electrons. The molecule has 0 fully saturated rings. The average Bonchev–Trinajstić information content (AvgIpc) is 2.59. The molecular formula is C17H14N2O4. The summed E-state index contributed by atoms with van der Waals surface area (Å²) in [7, 11) is 3.08. The van der Waals surface area contributed by atoms with Gasteiger partial charge in [-0.1, -0.05) is 6.07 Å². The summed E-state index contributed by atoms with van der Waals surface area (Å²) < 4.78 is 10.4. The van der Waals surface area contributed by atoms with Crippen molar-refractivity contribution in [2.24, 2.45) is 0 Å². The number of benzene rings is 2. The lowest BCUT2D eigenvalue weighted by atomic mass is 10.0. The second-order valence-electron chi connectivity index (χ2n) is 4.59. The minimum atomic E-state index is -0.478. The first kappa shape index (κ1) is 16.0. The van der Waals surface area contributed by atoms with Crippen LogP contribution in [0.3, 0.4) is 0 Å². The van der Waals surface area contributed by atoms with Gasteiger partial charge < -0.3 is 9.47 Å². The van der Waals surface area contributed by atoms with Crippen molar-refractivity contribution in [2.45, 2.75) is 0 Å².